The van der Waals surface area contributed by atoms with E-state index >= 15 is 0 Å². The number of anilines is 2. The molecule has 0 fully saturated rings. The molecule has 0 spiro atoms. The van der Waals surface area contributed by atoms with Crippen LogP contribution in [0.5, 0.6) is 11.5 Å². The van der Waals surface area contributed by atoms with Crippen molar-refractivity contribution in [2.45, 2.75) is 6.18 Å². The fourth-order valence-corrected chi connectivity index (χ4v) is 2.65. The van der Waals surface area contributed by atoms with Gasteiger partial charge in [0.15, 0.2) is 0 Å². The molecule has 2 aromatic carbocycles. The first kappa shape index (κ1) is 20.5. The average Bonchev–Trinajstić information content (AvgIpc) is 2.68. The number of aromatic nitrogens is 1. The SMILES string of the molecule is O=C(CNc1cccc(Oc2cccnc2)c1)Nc1ccc(Cl)c(C(F)(F)F)c1. The van der Waals surface area contributed by atoms with Crippen LogP contribution in [0.3, 0.4) is 0 Å². The molecule has 0 saturated heterocycles. The molecule has 0 aliphatic rings. The minimum absolute atomic E-state index is 0.00202. The van der Waals surface area contributed by atoms with Crippen LogP contribution < -0.4 is 15.4 Å². The number of nitrogens with one attached hydrogen (secondary N) is 2. The molecule has 0 saturated carbocycles. The standard InChI is InChI=1S/C20H15ClF3N3O2/c21-18-7-6-14(10-17(18)20(22,23)24)27-19(28)12-26-13-3-1-4-15(9-13)29-16-5-2-8-25-11-16/h1-11,26H,12H2,(H,27,28). The molecular formula is C20H15ClF3N3O2. The van der Waals surface area contributed by atoms with Gasteiger partial charge in [-0.25, -0.2) is 0 Å². The van der Waals surface area contributed by atoms with Crippen molar-refractivity contribution in [3.63, 3.8) is 0 Å². The molecule has 150 valence electrons. The van der Waals surface area contributed by atoms with Crippen molar-refractivity contribution in [1.29, 1.82) is 0 Å². The topological polar surface area (TPSA) is 63.2 Å². The number of hydrogen-bond acceptors (Lipinski definition) is 4. The summed E-state index contributed by atoms with van der Waals surface area (Å²) in [6.45, 7) is -0.152. The van der Waals surface area contributed by atoms with Crippen molar-refractivity contribution in [3.8, 4) is 11.5 Å². The van der Waals surface area contributed by atoms with Crippen LogP contribution in [0.25, 0.3) is 0 Å². The molecule has 0 unspecified atom stereocenters. The summed E-state index contributed by atoms with van der Waals surface area (Å²) in [5.41, 5.74) is -0.402. The van der Waals surface area contributed by atoms with Crippen LogP contribution in [0.2, 0.25) is 5.02 Å². The maximum absolute atomic E-state index is 12.9. The van der Waals surface area contributed by atoms with Gasteiger partial charge in [0.1, 0.15) is 11.5 Å². The Balaban J connectivity index is 1.59. The molecule has 1 aromatic heterocycles. The fraction of sp³-hybridized carbons (Fsp3) is 0.100. The van der Waals surface area contributed by atoms with Gasteiger partial charge in [0, 0.05) is 23.6 Å². The number of halogens is 4. The lowest BCUT2D eigenvalue weighted by Crippen LogP contribution is -2.22. The molecule has 0 bridgehead atoms. The highest BCUT2D eigenvalue weighted by Crippen LogP contribution is 2.36. The van der Waals surface area contributed by atoms with Crippen LogP contribution in [0.1, 0.15) is 5.56 Å². The van der Waals surface area contributed by atoms with Crippen LogP contribution in [0.15, 0.2) is 67.0 Å². The molecule has 0 radical (unpaired) electrons. The van der Waals surface area contributed by atoms with E-state index in [-0.39, 0.29) is 12.2 Å². The first-order chi connectivity index (χ1) is 13.8. The number of amides is 1. The highest BCUT2D eigenvalue weighted by atomic mass is 35.5. The lowest BCUT2D eigenvalue weighted by Gasteiger charge is -2.12. The quantitative estimate of drug-likeness (QED) is 0.544. The maximum atomic E-state index is 12.9. The summed E-state index contributed by atoms with van der Waals surface area (Å²) < 4.78 is 44.4. The second-order valence-electron chi connectivity index (χ2n) is 5.91. The van der Waals surface area contributed by atoms with Crippen LogP contribution >= 0.6 is 11.6 Å². The normalized spacial score (nSPS) is 11.0. The summed E-state index contributed by atoms with van der Waals surface area (Å²) in [5, 5.41) is 4.87. The first-order valence-corrected chi connectivity index (χ1v) is 8.77. The van der Waals surface area contributed by atoms with Crippen LogP contribution in [0, 0.1) is 0 Å². The van der Waals surface area contributed by atoms with Gasteiger partial charge in [0.25, 0.3) is 0 Å². The average molecular weight is 422 g/mol. The lowest BCUT2D eigenvalue weighted by atomic mass is 10.2. The summed E-state index contributed by atoms with van der Waals surface area (Å²) in [6, 6.07) is 13.6. The Morgan fingerprint density at radius 2 is 1.83 bits per heavy atom. The summed E-state index contributed by atoms with van der Waals surface area (Å²) in [5.74, 6) is 0.584. The molecule has 3 rings (SSSR count). The molecule has 9 heteroatoms. The molecule has 0 atom stereocenters. The fourth-order valence-electron chi connectivity index (χ4n) is 2.42. The number of hydrogen-bond donors (Lipinski definition) is 2. The third-order valence-electron chi connectivity index (χ3n) is 3.71. The molecule has 2 N–H and O–H groups in total. The van der Waals surface area contributed by atoms with Crippen molar-refractivity contribution in [3.05, 3.63) is 77.6 Å². The van der Waals surface area contributed by atoms with Crippen LogP contribution in [0.4, 0.5) is 24.5 Å². The van der Waals surface area contributed by atoms with E-state index in [0.29, 0.717) is 17.2 Å². The Kier molecular flexibility index (Phi) is 6.23. The van der Waals surface area contributed by atoms with E-state index < -0.39 is 22.7 Å². The number of rotatable bonds is 6. The summed E-state index contributed by atoms with van der Waals surface area (Å²) in [6.07, 6.45) is -1.42. The summed E-state index contributed by atoms with van der Waals surface area (Å²) in [7, 11) is 0. The zero-order valence-electron chi connectivity index (χ0n) is 14.8. The van der Waals surface area contributed by atoms with Crippen molar-refractivity contribution < 1.29 is 22.7 Å². The van der Waals surface area contributed by atoms with Gasteiger partial charge in [0.05, 0.1) is 23.3 Å². The monoisotopic (exact) mass is 421 g/mol. The lowest BCUT2D eigenvalue weighted by molar-refractivity contribution is -0.137. The Morgan fingerprint density at radius 3 is 2.55 bits per heavy atom. The Bertz CT molecular complexity index is 998. The second-order valence-corrected chi connectivity index (χ2v) is 6.32. The molecular weight excluding hydrogens is 407 g/mol. The molecule has 3 aromatic rings. The summed E-state index contributed by atoms with van der Waals surface area (Å²) >= 11 is 5.57. The number of carbonyl (C=O) groups excluding carboxylic acids is 1. The van der Waals surface area contributed by atoms with Crippen molar-refractivity contribution >= 4 is 28.9 Å². The highest BCUT2D eigenvalue weighted by molar-refractivity contribution is 6.31. The largest absolute Gasteiger partial charge is 0.456 e. The second kappa shape index (κ2) is 8.83. The summed E-state index contributed by atoms with van der Waals surface area (Å²) in [4.78, 5) is 16.0. The Hall–Kier alpha value is -3.26. The minimum atomic E-state index is -4.61. The zero-order valence-corrected chi connectivity index (χ0v) is 15.6. The van der Waals surface area contributed by atoms with E-state index in [4.69, 9.17) is 16.3 Å². The number of benzene rings is 2. The van der Waals surface area contributed by atoms with Gasteiger partial charge in [-0.15, -0.1) is 0 Å². The van der Waals surface area contributed by atoms with Gasteiger partial charge >= 0.3 is 6.18 Å². The van der Waals surface area contributed by atoms with Gasteiger partial charge in [0.2, 0.25) is 5.91 Å². The number of nitrogens with zero attached hydrogens (tertiary/aromatic N) is 1. The highest BCUT2D eigenvalue weighted by Gasteiger charge is 2.33. The third-order valence-corrected chi connectivity index (χ3v) is 4.04. The smallest absolute Gasteiger partial charge is 0.417 e. The Morgan fingerprint density at radius 1 is 1.03 bits per heavy atom. The molecule has 0 aliphatic carbocycles. The predicted molar refractivity (Wildman–Crippen MR) is 104 cm³/mol. The molecule has 1 amide bonds. The number of pyridine rings is 1. The van der Waals surface area contributed by atoms with E-state index in [0.717, 1.165) is 12.1 Å². The minimum Gasteiger partial charge on any atom is -0.456 e. The van der Waals surface area contributed by atoms with Crippen molar-refractivity contribution in [1.82, 2.24) is 4.98 Å². The van der Waals surface area contributed by atoms with E-state index in [1.807, 2.05) is 0 Å². The van der Waals surface area contributed by atoms with Gasteiger partial charge in [-0.1, -0.05) is 17.7 Å². The molecule has 29 heavy (non-hydrogen) atoms. The van der Waals surface area contributed by atoms with Crippen LogP contribution in [-0.2, 0) is 11.0 Å². The Labute approximate surface area is 169 Å². The number of carbonyl (C=O) groups is 1. The number of ether oxygens (including phenoxy) is 1. The van der Waals surface area contributed by atoms with E-state index in [1.165, 1.54) is 6.07 Å². The van der Waals surface area contributed by atoms with E-state index in [9.17, 15) is 18.0 Å². The van der Waals surface area contributed by atoms with Gasteiger partial charge in [-0.2, -0.15) is 13.2 Å². The third kappa shape index (κ3) is 5.86. The van der Waals surface area contributed by atoms with Gasteiger partial charge in [-0.3, -0.25) is 9.78 Å². The maximum Gasteiger partial charge on any atom is 0.417 e. The van der Waals surface area contributed by atoms with Crippen LogP contribution in [-0.4, -0.2) is 17.4 Å². The van der Waals surface area contributed by atoms with Crippen molar-refractivity contribution in [2.75, 3.05) is 17.2 Å². The van der Waals surface area contributed by atoms with Crippen molar-refractivity contribution in [2.24, 2.45) is 0 Å². The predicted octanol–water partition coefficient (Wildman–Crippen LogP) is 5.60. The van der Waals surface area contributed by atoms with Gasteiger partial charge in [-0.05, 0) is 42.5 Å². The van der Waals surface area contributed by atoms with Gasteiger partial charge < -0.3 is 15.4 Å². The molecule has 1 heterocycles. The molecule has 5 nitrogen and oxygen atoms in total. The zero-order chi connectivity index (χ0) is 20.9. The van der Waals surface area contributed by atoms with E-state index in [1.54, 1.807) is 48.8 Å². The van der Waals surface area contributed by atoms with E-state index in [2.05, 4.69) is 15.6 Å². The first-order valence-electron chi connectivity index (χ1n) is 8.40. The number of alkyl halides is 3. The molecule has 0 aliphatic heterocycles.